The predicted octanol–water partition coefficient (Wildman–Crippen LogP) is 8.05. The Morgan fingerprint density at radius 1 is 0.738 bits per heavy atom. The van der Waals surface area contributed by atoms with Crippen molar-refractivity contribution < 1.29 is 28.6 Å². The van der Waals surface area contributed by atoms with Crippen LogP contribution in [0, 0.1) is 11.3 Å². The minimum atomic E-state index is -1.18. The van der Waals surface area contributed by atoms with E-state index in [9.17, 15) is 29.2 Å². The third-order valence-corrected chi connectivity index (χ3v) is 10.7. The van der Waals surface area contributed by atoms with Crippen molar-refractivity contribution in [1.82, 2.24) is 9.13 Å². The highest BCUT2D eigenvalue weighted by molar-refractivity contribution is 6.15. The van der Waals surface area contributed by atoms with Gasteiger partial charge in [0.2, 0.25) is 0 Å². The minimum absolute atomic E-state index is 0.0619. The molecule has 0 spiro atoms. The standard InChI is InChI=1S/C49H60N4O8/c1-3-5-6-7-8-9-10-11-12-13-14-15-16-17-18-21-31-51-44-26-20-19-24-40(44)28-29-41-33-39(27-30-45(41)51)23-22-25-42-47(56)52(35-59-37-54)46(53(48(42)57)36-60-38-55)43(34-50)49(58)61-32-4-2/h4,19-20,22-30,33,37-38H,2-3,5-18,21,31-32,35-36H2,1H3/b23-22+,42-25?,46-43?. The van der Waals surface area contributed by atoms with Crippen molar-refractivity contribution >= 4 is 60.2 Å². The SMILES string of the molecule is C=CCOC(=O)C(C#N)=c1n(COC=O)c(=O)c(=C/C=C/c2ccc3c(c2)C=Cc2ccccc2N3CCCCCCCCCCCCCCCCCC)c(=O)n1COC=O. The Morgan fingerprint density at radius 2 is 1.28 bits per heavy atom. The molecule has 4 rings (SSSR count). The van der Waals surface area contributed by atoms with Gasteiger partial charge in [-0.15, -0.1) is 0 Å². The monoisotopic (exact) mass is 832 g/mol. The smallest absolute Gasteiger partial charge is 0.353 e. The molecule has 61 heavy (non-hydrogen) atoms. The Labute approximate surface area is 358 Å². The average Bonchev–Trinajstić information content (AvgIpc) is 3.42. The van der Waals surface area contributed by atoms with E-state index in [1.165, 1.54) is 108 Å². The summed E-state index contributed by atoms with van der Waals surface area (Å²) >= 11 is 0. The van der Waals surface area contributed by atoms with Gasteiger partial charge in [-0.05, 0) is 47.4 Å². The maximum atomic E-state index is 13.7. The molecule has 1 aromatic heterocycles. The van der Waals surface area contributed by atoms with Gasteiger partial charge in [0, 0.05) is 17.9 Å². The van der Waals surface area contributed by atoms with E-state index >= 15 is 0 Å². The van der Waals surface area contributed by atoms with Gasteiger partial charge in [-0.2, -0.15) is 5.26 Å². The maximum absolute atomic E-state index is 13.7. The Balaban J connectivity index is 1.49. The first-order chi connectivity index (χ1) is 29.9. The lowest BCUT2D eigenvalue weighted by Crippen LogP contribution is -2.59. The topological polar surface area (TPSA) is 150 Å². The number of ether oxygens (including phenoxy) is 3. The number of carbonyl (C=O) groups is 3. The van der Waals surface area contributed by atoms with Gasteiger partial charge < -0.3 is 19.1 Å². The second kappa shape index (κ2) is 26.8. The quantitative estimate of drug-likeness (QED) is 0.0231. The van der Waals surface area contributed by atoms with Crippen molar-refractivity contribution in [2.75, 3.05) is 18.1 Å². The highest BCUT2D eigenvalue weighted by Crippen LogP contribution is 2.37. The lowest BCUT2D eigenvalue weighted by atomic mass is 10.0. The Hall–Kier alpha value is -6.22. The van der Waals surface area contributed by atoms with Gasteiger partial charge >= 0.3 is 5.97 Å². The van der Waals surface area contributed by atoms with E-state index < -0.39 is 46.8 Å². The van der Waals surface area contributed by atoms with Gasteiger partial charge in [-0.3, -0.25) is 28.3 Å². The molecule has 0 aliphatic carbocycles. The molecule has 3 aromatic rings. The number of aromatic nitrogens is 2. The molecule has 12 nitrogen and oxygen atoms in total. The van der Waals surface area contributed by atoms with Crippen LogP contribution in [0.5, 0.6) is 0 Å². The lowest BCUT2D eigenvalue weighted by Gasteiger charge is -2.27. The number of hydrogen-bond donors (Lipinski definition) is 0. The molecule has 0 fully saturated rings. The molecular formula is C49H60N4O8. The highest BCUT2D eigenvalue weighted by Gasteiger charge is 2.21. The Bertz CT molecular complexity index is 2230. The van der Waals surface area contributed by atoms with Crippen LogP contribution in [0.4, 0.5) is 11.4 Å². The number of esters is 1. The van der Waals surface area contributed by atoms with Crippen molar-refractivity contribution in [2.24, 2.45) is 0 Å². The minimum Gasteiger partial charge on any atom is -0.457 e. The van der Waals surface area contributed by atoms with Crippen LogP contribution in [-0.2, 0) is 42.1 Å². The molecular weight excluding hydrogens is 773 g/mol. The average molecular weight is 833 g/mol. The van der Waals surface area contributed by atoms with Crippen molar-refractivity contribution in [3.63, 3.8) is 0 Å². The van der Waals surface area contributed by atoms with Gasteiger partial charge in [0.05, 0.1) is 0 Å². The number of para-hydroxylation sites is 1. The van der Waals surface area contributed by atoms with E-state index in [1.54, 1.807) is 12.1 Å². The number of allylic oxidation sites excluding steroid dienone is 1. The first-order valence-electron chi connectivity index (χ1n) is 21.6. The number of unbranched alkanes of at least 4 members (excludes halogenated alkanes) is 15. The van der Waals surface area contributed by atoms with Crippen molar-refractivity contribution in [1.29, 1.82) is 5.26 Å². The van der Waals surface area contributed by atoms with Crippen LogP contribution >= 0.6 is 0 Å². The molecule has 2 heterocycles. The summed E-state index contributed by atoms with van der Waals surface area (Å²) in [7, 11) is 0. The number of carbonyl (C=O) groups excluding carboxylic acids is 3. The van der Waals surface area contributed by atoms with Crippen LogP contribution < -0.4 is 26.7 Å². The number of fused-ring (bicyclic) bond motifs is 2. The van der Waals surface area contributed by atoms with Gasteiger partial charge in [0.15, 0.2) is 19.0 Å². The highest BCUT2D eigenvalue weighted by atomic mass is 16.5. The first kappa shape index (κ1) is 47.5. The van der Waals surface area contributed by atoms with E-state index in [4.69, 9.17) is 14.2 Å². The Morgan fingerprint density at radius 3 is 1.84 bits per heavy atom. The Kier molecular flexibility index (Phi) is 20.8. The second-order valence-electron chi connectivity index (χ2n) is 15.1. The first-order valence-corrected chi connectivity index (χ1v) is 21.6. The molecule has 0 radical (unpaired) electrons. The molecule has 0 saturated carbocycles. The number of benzene rings is 2. The number of hydrogen-bond acceptors (Lipinski definition) is 10. The van der Waals surface area contributed by atoms with Crippen LogP contribution in [0.15, 0.2) is 70.8 Å². The van der Waals surface area contributed by atoms with Crippen LogP contribution in [0.25, 0.3) is 29.9 Å². The summed E-state index contributed by atoms with van der Waals surface area (Å²) in [5.41, 5.74) is 1.88. The summed E-state index contributed by atoms with van der Waals surface area (Å²) in [5, 5.41) is 9.48. The van der Waals surface area contributed by atoms with Gasteiger partial charge in [0.25, 0.3) is 24.1 Å². The normalized spacial score (nSPS) is 11.6. The van der Waals surface area contributed by atoms with Gasteiger partial charge in [-0.25, -0.2) is 4.79 Å². The van der Waals surface area contributed by atoms with Crippen molar-refractivity contribution in [2.45, 2.75) is 123 Å². The van der Waals surface area contributed by atoms with E-state index in [2.05, 4.69) is 54.8 Å². The van der Waals surface area contributed by atoms with Crippen LogP contribution in [0.1, 0.15) is 126 Å². The van der Waals surface area contributed by atoms with E-state index in [1.807, 2.05) is 18.2 Å². The summed E-state index contributed by atoms with van der Waals surface area (Å²) in [6, 6.07) is 16.1. The van der Waals surface area contributed by atoms with Gasteiger partial charge in [0.1, 0.15) is 23.4 Å². The van der Waals surface area contributed by atoms with E-state index in [0.717, 1.165) is 56.6 Å². The molecule has 0 saturated heterocycles. The fourth-order valence-corrected chi connectivity index (χ4v) is 7.53. The fraction of sp³-hybridized carbons (Fsp3) is 0.429. The molecule has 2 aromatic carbocycles. The summed E-state index contributed by atoms with van der Waals surface area (Å²) in [5.74, 6) is -1.18. The molecule has 1 aliphatic heterocycles. The van der Waals surface area contributed by atoms with Crippen LogP contribution in [0.2, 0.25) is 0 Å². The zero-order valence-corrected chi connectivity index (χ0v) is 35.6. The molecule has 0 amide bonds. The largest absolute Gasteiger partial charge is 0.457 e. The lowest BCUT2D eigenvalue weighted by molar-refractivity contribution is -0.135. The zero-order chi connectivity index (χ0) is 43.7. The number of rotatable bonds is 28. The van der Waals surface area contributed by atoms with Crippen molar-refractivity contribution in [3.05, 3.63) is 109 Å². The molecule has 1 aliphatic rings. The predicted molar refractivity (Wildman–Crippen MR) is 241 cm³/mol. The zero-order valence-electron chi connectivity index (χ0n) is 35.6. The number of nitriles is 1. The van der Waals surface area contributed by atoms with Crippen molar-refractivity contribution in [3.8, 4) is 6.07 Å². The van der Waals surface area contributed by atoms with Crippen LogP contribution in [0.3, 0.4) is 0 Å². The molecule has 0 atom stereocenters. The number of anilines is 2. The summed E-state index contributed by atoms with van der Waals surface area (Å²) < 4.78 is 16.1. The third kappa shape index (κ3) is 14.2. The maximum Gasteiger partial charge on any atom is 0.353 e. The molecule has 324 valence electrons. The van der Waals surface area contributed by atoms with E-state index in [-0.39, 0.29) is 19.6 Å². The third-order valence-electron chi connectivity index (χ3n) is 10.7. The van der Waals surface area contributed by atoms with E-state index in [0.29, 0.717) is 0 Å². The molecule has 12 heteroatoms. The summed E-state index contributed by atoms with van der Waals surface area (Å²) in [4.78, 5) is 65.0. The molecule has 0 N–H and O–H groups in total. The summed E-state index contributed by atoms with van der Waals surface area (Å²) in [6.45, 7) is 4.92. The van der Waals surface area contributed by atoms with Gasteiger partial charge in [-0.1, -0.05) is 164 Å². The fourth-order valence-electron chi connectivity index (χ4n) is 7.53. The molecule has 0 bridgehead atoms. The van der Waals surface area contributed by atoms with Crippen LogP contribution in [-0.4, -0.2) is 41.2 Å². The molecule has 0 unspecified atom stereocenters. The summed E-state index contributed by atoms with van der Waals surface area (Å²) in [6.07, 6.45) is 31.1. The number of nitrogens with zero attached hydrogens (tertiary/aromatic N) is 4. The second-order valence-corrected chi connectivity index (χ2v) is 15.1.